The highest BCUT2D eigenvalue weighted by Gasteiger charge is 2.27. The van der Waals surface area contributed by atoms with Gasteiger partial charge in [-0.2, -0.15) is 4.31 Å². The Morgan fingerprint density at radius 1 is 0.968 bits per heavy atom. The second-order valence-corrected chi connectivity index (χ2v) is 8.66. The molecule has 31 heavy (non-hydrogen) atoms. The minimum absolute atomic E-state index is 0.0436. The van der Waals surface area contributed by atoms with Gasteiger partial charge in [-0.1, -0.05) is 13.8 Å². The van der Waals surface area contributed by atoms with Crippen molar-refractivity contribution < 1.29 is 27.4 Å². The highest BCUT2D eigenvalue weighted by Crippen LogP contribution is 2.31. The van der Waals surface area contributed by atoms with Crippen LogP contribution in [0, 0.1) is 0 Å². The Balaban J connectivity index is 2.39. The first kappa shape index (κ1) is 24.5. The number of nitrogens with one attached hydrogen (secondary N) is 1. The van der Waals surface area contributed by atoms with Gasteiger partial charge in [0, 0.05) is 24.2 Å². The van der Waals surface area contributed by atoms with Crippen LogP contribution < -0.4 is 19.5 Å². The molecule has 0 aromatic heterocycles. The number of methoxy groups -OCH3 is 3. The number of rotatable bonds is 10. The van der Waals surface area contributed by atoms with E-state index < -0.39 is 22.0 Å². The summed E-state index contributed by atoms with van der Waals surface area (Å²) in [6, 6.07) is 9.27. The molecule has 1 atom stereocenters. The van der Waals surface area contributed by atoms with Crippen LogP contribution in [0.25, 0.3) is 0 Å². The standard InChI is InChI=1S/C22H30N2O6S/c1-7-24(8-2)31(26,27)21-13-16(9-11-20(21)30-6)22(25)23-15(3)18-14-17(28-4)10-12-19(18)29-5/h9-15H,7-8H2,1-6H3,(H,23,25)/t15-/m0/s1. The Labute approximate surface area is 184 Å². The first-order valence-corrected chi connectivity index (χ1v) is 11.4. The third-order valence-electron chi connectivity index (χ3n) is 5.00. The van der Waals surface area contributed by atoms with Gasteiger partial charge in [0.2, 0.25) is 10.0 Å². The summed E-state index contributed by atoms with van der Waals surface area (Å²) in [5.41, 5.74) is 0.944. The van der Waals surface area contributed by atoms with Crippen molar-refractivity contribution >= 4 is 15.9 Å². The molecule has 1 amide bonds. The van der Waals surface area contributed by atoms with E-state index in [0.717, 1.165) is 5.56 Å². The van der Waals surface area contributed by atoms with Gasteiger partial charge in [0.15, 0.2) is 0 Å². The molecule has 170 valence electrons. The van der Waals surface area contributed by atoms with E-state index in [-0.39, 0.29) is 16.2 Å². The van der Waals surface area contributed by atoms with E-state index in [0.29, 0.717) is 24.6 Å². The second-order valence-electron chi connectivity index (χ2n) is 6.76. The Kier molecular flexibility index (Phi) is 8.29. The molecule has 0 aliphatic heterocycles. The molecule has 9 heteroatoms. The number of ether oxygens (including phenoxy) is 3. The predicted molar refractivity (Wildman–Crippen MR) is 119 cm³/mol. The SMILES string of the molecule is CCN(CC)S(=O)(=O)c1cc(C(=O)N[C@@H](C)c2cc(OC)ccc2OC)ccc1OC. The maximum absolute atomic E-state index is 13.0. The van der Waals surface area contributed by atoms with Crippen molar-refractivity contribution in [3.8, 4) is 17.2 Å². The Hall–Kier alpha value is -2.78. The molecule has 2 aromatic rings. The summed E-state index contributed by atoms with van der Waals surface area (Å²) in [5, 5.41) is 2.89. The highest BCUT2D eigenvalue weighted by molar-refractivity contribution is 7.89. The number of carbonyl (C=O) groups excluding carboxylic acids is 1. The molecular weight excluding hydrogens is 420 g/mol. The number of hydrogen-bond donors (Lipinski definition) is 1. The molecule has 0 radical (unpaired) electrons. The maximum atomic E-state index is 13.0. The molecule has 0 heterocycles. The van der Waals surface area contributed by atoms with Crippen LogP contribution in [-0.4, -0.2) is 53.0 Å². The minimum atomic E-state index is -3.81. The molecule has 0 fully saturated rings. The van der Waals surface area contributed by atoms with Gasteiger partial charge >= 0.3 is 0 Å². The molecule has 2 rings (SSSR count). The van der Waals surface area contributed by atoms with E-state index in [1.54, 1.807) is 46.3 Å². The van der Waals surface area contributed by atoms with Gasteiger partial charge in [-0.25, -0.2) is 8.42 Å². The van der Waals surface area contributed by atoms with Gasteiger partial charge in [0.05, 0.1) is 27.4 Å². The molecule has 0 saturated carbocycles. The van der Waals surface area contributed by atoms with E-state index in [1.165, 1.54) is 29.6 Å². The van der Waals surface area contributed by atoms with Crippen LogP contribution in [-0.2, 0) is 10.0 Å². The average molecular weight is 451 g/mol. The van der Waals surface area contributed by atoms with Crippen molar-refractivity contribution in [2.45, 2.75) is 31.7 Å². The molecule has 8 nitrogen and oxygen atoms in total. The molecule has 0 unspecified atom stereocenters. The lowest BCUT2D eigenvalue weighted by Gasteiger charge is -2.21. The number of amides is 1. The van der Waals surface area contributed by atoms with Crippen LogP contribution in [0.3, 0.4) is 0 Å². The zero-order valence-electron chi connectivity index (χ0n) is 18.8. The van der Waals surface area contributed by atoms with Crippen LogP contribution in [0.2, 0.25) is 0 Å². The van der Waals surface area contributed by atoms with E-state index in [1.807, 2.05) is 6.92 Å². The highest BCUT2D eigenvalue weighted by atomic mass is 32.2. The quantitative estimate of drug-likeness (QED) is 0.597. The van der Waals surface area contributed by atoms with Crippen LogP contribution in [0.4, 0.5) is 0 Å². The lowest BCUT2D eigenvalue weighted by molar-refractivity contribution is 0.0939. The third kappa shape index (κ3) is 5.29. The van der Waals surface area contributed by atoms with Crippen LogP contribution in [0.5, 0.6) is 17.2 Å². The number of carbonyl (C=O) groups is 1. The first-order valence-electron chi connectivity index (χ1n) is 9.94. The maximum Gasteiger partial charge on any atom is 0.251 e. The lowest BCUT2D eigenvalue weighted by Crippen LogP contribution is -2.31. The van der Waals surface area contributed by atoms with E-state index in [4.69, 9.17) is 14.2 Å². The van der Waals surface area contributed by atoms with Gasteiger partial charge < -0.3 is 19.5 Å². The Morgan fingerprint density at radius 3 is 2.13 bits per heavy atom. The van der Waals surface area contributed by atoms with Gasteiger partial charge in [0.25, 0.3) is 5.91 Å². The fraction of sp³-hybridized carbons (Fsp3) is 0.409. The van der Waals surface area contributed by atoms with Crippen molar-refractivity contribution in [1.29, 1.82) is 0 Å². The molecule has 0 saturated heterocycles. The van der Waals surface area contributed by atoms with Crippen molar-refractivity contribution in [3.63, 3.8) is 0 Å². The van der Waals surface area contributed by atoms with Crippen molar-refractivity contribution in [2.24, 2.45) is 0 Å². The average Bonchev–Trinajstić information content (AvgIpc) is 2.78. The van der Waals surface area contributed by atoms with Gasteiger partial charge in [-0.3, -0.25) is 4.79 Å². The second kappa shape index (κ2) is 10.5. The third-order valence-corrected chi connectivity index (χ3v) is 7.07. The summed E-state index contributed by atoms with van der Waals surface area (Å²) in [5.74, 6) is 1.00. The predicted octanol–water partition coefficient (Wildman–Crippen LogP) is 3.23. The van der Waals surface area contributed by atoms with Crippen molar-refractivity contribution in [1.82, 2.24) is 9.62 Å². The molecule has 0 bridgehead atoms. The number of nitrogens with zero attached hydrogens (tertiary/aromatic N) is 1. The summed E-state index contributed by atoms with van der Waals surface area (Å²) < 4.78 is 43.3. The smallest absolute Gasteiger partial charge is 0.251 e. The summed E-state index contributed by atoms with van der Waals surface area (Å²) in [7, 11) is 0.697. The lowest BCUT2D eigenvalue weighted by atomic mass is 10.1. The van der Waals surface area contributed by atoms with E-state index in [2.05, 4.69) is 5.32 Å². The van der Waals surface area contributed by atoms with Crippen LogP contribution in [0.1, 0.15) is 42.7 Å². The summed E-state index contributed by atoms with van der Waals surface area (Å²) in [4.78, 5) is 12.9. The monoisotopic (exact) mass is 450 g/mol. The number of hydrogen-bond acceptors (Lipinski definition) is 6. The van der Waals surface area contributed by atoms with Crippen molar-refractivity contribution in [3.05, 3.63) is 47.5 Å². The Morgan fingerprint density at radius 2 is 1.58 bits per heavy atom. The van der Waals surface area contributed by atoms with E-state index >= 15 is 0 Å². The summed E-state index contributed by atoms with van der Waals surface area (Å²) in [6.07, 6.45) is 0. The van der Waals surface area contributed by atoms with Crippen LogP contribution in [0.15, 0.2) is 41.3 Å². The topological polar surface area (TPSA) is 94.2 Å². The fourth-order valence-electron chi connectivity index (χ4n) is 3.26. The fourth-order valence-corrected chi connectivity index (χ4v) is 4.90. The molecule has 2 aromatic carbocycles. The normalized spacial score (nSPS) is 12.4. The molecule has 0 aliphatic rings. The van der Waals surface area contributed by atoms with E-state index in [9.17, 15) is 13.2 Å². The Bertz CT molecular complexity index is 1020. The molecule has 0 aliphatic carbocycles. The summed E-state index contributed by atoms with van der Waals surface area (Å²) >= 11 is 0. The minimum Gasteiger partial charge on any atom is -0.497 e. The molecule has 1 N–H and O–H groups in total. The zero-order valence-corrected chi connectivity index (χ0v) is 19.6. The zero-order chi connectivity index (χ0) is 23.2. The largest absolute Gasteiger partial charge is 0.497 e. The van der Waals surface area contributed by atoms with Gasteiger partial charge in [0.1, 0.15) is 22.1 Å². The van der Waals surface area contributed by atoms with Crippen LogP contribution >= 0.6 is 0 Å². The summed E-state index contributed by atoms with van der Waals surface area (Å²) in [6.45, 7) is 5.95. The van der Waals surface area contributed by atoms with Gasteiger partial charge in [-0.15, -0.1) is 0 Å². The van der Waals surface area contributed by atoms with Gasteiger partial charge in [-0.05, 0) is 43.3 Å². The molecule has 0 spiro atoms. The number of sulfonamides is 1. The van der Waals surface area contributed by atoms with Crippen molar-refractivity contribution in [2.75, 3.05) is 34.4 Å². The number of benzene rings is 2. The molecular formula is C22H30N2O6S. The first-order chi connectivity index (χ1) is 14.7.